The van der Waals surface area contributed by atoms with E-state index in [1.807, 2.05) is 6.92 Å². The molecule has 0 fully saturated rings. The molecule has 0 spiro atoms. The molecule has 0 aliphatic rings. The van der Waals surface area contributed by atoms with Gasteiger partial charge in [0.2, 0.25) is 0 Å². The molecule has 14 heavy (non-hydrogen) atoms. The van der Waals surface area contributed by atoms with Crippen molar-refractivity contribution in [2.75, 3.05) is 0 Å². The van der Waals surface area contributed by atoms with Crippen molar-refractivity contribution in [1.29, 1.82) is 0 Å². The second kappa shape index (κ2) is 23.0. The summed E-state index contributed by atoms with van der Waals surface area (Å²) in [5.41, 5.74) is 11.0. The summed E-state index contributed by atoms with van der Waals surface area (Å²) in [6.07, 6.45) is 5.89. The second-order valence-electron chi connectivity index (χ2n) is 1.74. The van der Waals surface area contributed by atoms with Crippen LogP contribution in [0.1, 0.15) is 6.92 Å². The Morgan fingerprint density at radius 3 is 1.50 bits per heavy atom. The molecular weight excluding hydrogens is 247 g/mol. The van der Waals surface area contributed by atoms with Crippen LogP contribution in [-0.4, -0.2) is 16.8 Å². The largest absolute Gasteiger partial charge is 0.432 e. The fourth-order valence-electron chi connectivity index (χ4n) is 0.185. The van der Waals surface area contributed by atoms with Gasteiger partial charge < -0.3 is 11.5 Å². The van der Waals surface area contributed by atoms with Gasteiger partial charge >= 0.3 is 0 Å². The third-order valence-electron chi connectivity index (χ3n) is 0.592. The summed E-state index contributed by atoms with van der Waals surface area (Å²) in [6.45, 7) is 11.9. The van der Waals surface area contributed by atoms with Crippen LogP contribution in [-0.2, 0) is 32.7 Å². The predicted octanol–water partition coefficient (Wildman–Crippen LogP) is 0.719. The molecule has 0 aliphatic carbocycles. The van der Waals surface area contributed by atoms with Gasteiger partial charge in [-0.15, -0.1) is 5.70 Å². The number of nitrogens with two attached hydrogens (primary N) is 2. The summed E-state index contributed by atoms with van der Waals surface area (Å²) in [7, 11) is 0. The van der Waals surface area contributed by atoms with Gasteiger partial charge in [0.15, 0.2) is 0 Å². The van der Waals surface area contributed by atoms with Crippen molar-refractivity contribution in [3.8, 4) is 0 Å². The average molecular weight is 262 g/mol. The minimum absolute atomic E-state index is 0. The van der Waals surface area contributed by atoms with E-state index >= 15 is 0 Å². The SMILES string of the molecule is C=C(N)[C-]=CC.C=CC(=C)N.[B].[B].[Y]. The fourth-order valence-corrected chi connectivity index (χ4v) is 0.185. The number of rotatable bonds is 2. The van der Waals surface area contributed by atoms with Crippen molar-refractivity contribution in [3.63, 3.8) is 0 Å². The summed E-state index contributed by atoms with van der Waals surface area (Å²) in [5.74, 6) is 0. The van der Waals surface area contributed by atoms with E-state index in [0.29, 0.717) is 11.4 Å². The normalized spacial score (nSPS) is 6.36. The summed E-state index contributed by atoms with van der Waals surface area (Å²) in [4.78, 5) is 0. The minimum Gasteiger partial charge on any atom is -0.432 e. The molecule has 71 valence electrons. The fraction of sp³-hybridized carbons (Fsp3) is 0.111. The van der Waals surface area contributed by atoms with Gasteiger partial charge in [-0.25, -0.2) is 12.7 Å². The first-order valence-electron chi connectivity index (χ1n) is 3.10. The van der Waals surface area contributed by atoms with Crippen LogP contribution in [0.15, 0.2) is 43.3 Å². The molecule has 4 N–H and O–H groups in total. The van der Waals surface area contributed by atoms with E-state index in [9.17, 15) is 0 Å². The smallest absolute Gasteiger partial charge is 0.0234 e. The standard InChI is InChI=1S/C5H8N.C4H7N.2B.Y/c1-3-4-5(2)6;1-3-4(2)5;;;/h3H,2,6H2,1H3;3H,1-2,5H2;;;/q-1;;;;. The van der Waals surface area contributed by atoms with Gasteiger partial charge in [-0.3, -0.25) is 0 Å². The first-order valence-corrected chi connectivity index (χ1v) is 3.10. The molecule has 0 bridgehead atoms. The van der Waals surface area contributed by atoms with Crippen molar-refractivity contribution < 1.29 is 32.7 Å². The summed E-state index contributed by atoms with van der Waals surface area (Å²) in [6, 6.07) is 0. The van der Waals surface area contributed by atoms with E-state index in [1.165, 1.54) is 6.08 Å². The van der Waals surface area contributed by atoms with Crippen molar-refractivity contribution in [3.05, 3.63) is 49.4 Å². The van der Waals surface area contributed by atoms with E-state index in [1.54, 1.807) is 6.08 Å². The van der Waals surface area contributed by atoms with E-state index in [2.05, 4.69) is 25.8 Å². The molecule has 0 aromatic heterocycles. The van der Waals surface area contributed by atoms with Gasteiger partial charge in [0.05, 0.1) is 0 Å². The first-order chi connectivity index (χ1) is 5.04. The molecule has 0 aliphatic heterocycles. The third kappa shape index (κ3) is 59.8. The molecule has 0 aromatic rings. The van der Waals surface area contributed by atoms with E-state index in [-0.39, 0.29) is 49.5 Å². The van der Waals surface area contributed by atoms with Crippen LogP contribution in [0, 0.1) is 6.08 Å². The zero-order valence-electron chi connectivity index (χ0n) is 8.66. The van der Waals surface area contributed by atoms with Crippen LogP contribution < -0.4 is 11.5 Å². The molecule has 0 atom stereocenters. The monoisotopic (exact) mass is 262 g/mol. The second-order valence-corrected chi connectivity index (χ2v) is 1.74. The van der Waals surface area contributed by atoms with Crippen molar-refractivity contribution >= 4 is 16.8 Å². The van der Waals surface area contributed by atoms with Crippen molar-refractivity contribution in [2.45, 2.75) is 6.92 Å². The van der Waals surface area contributed by atoms with Crippen LogP contribution in [0.4, 0.5) is 0 Å². The Bertz CT molecular complexity index is 180. The molecule has 0 saturated carbocycles. The first kappa shape index (κ1) is 29.2. The molecule has 5 heteroatoms. The van der Waals surface area contributed by atoms with Gasteiger partial charge in [0.1, 0.15) is 0 Å². The quantitative estimate of drug-likeness (QED) is 0.437. The Morgan fingerprint density at radius 2 is 1.50 bits per heavy atom. The zero-order valence-corrected chi connectivity index (χ0v) is 11.5. The van der Waals surface area contributed by atoms with E-state index in [4.69, 9.17) is 11.5 Å². The summed E-state index contributed by atoms with van der Waals surface area (Å²) >= 11 is 0. The van der Waals surface area contributed by atoms with Crippen LogP contribution >= 0.6 is 0 Å². The van der Waals surface area contributed by atoms with Gasteiger partial charge in [-0.1, -0.05) is 20.1 Å². The van der Waals surface area contributed by atoms with Crippen LogP contribution in [0.2, 0.25) is 0 Å². The maximum atomic E-state index is 5.07. The van der Waals surface area contributed by atoms with Crippen LogP contribution in [0.25, 0.3) is 0 Å². The van der Waals surface area contributed by atoms with E-state index < -0.39 is 0 Å². The topological polar surface area (TPSA) is 52.0 Å². The number of allylic oxidation sites excluding steroid dienone is 3. The average Bonchev–Trinajstić information content (AvgIpc) is 1.89. The summed E-state index contributed by atoms with van der Waals surface area (Å²) in [5, 5.41) is 0. The summed E-state index contributed by atoms with van der Waals surface area (Å²) < 4.78 is 0. The van der Waals surface area contributed by atoms with Crippen molar-refractivity contribution in [1.82, 2.24) is 0 Å². The molecule has 2 nitrogen and oxygen atoms in total. The third-order valence-corrected chi connectivity index (χ3v) is 0.592. The molecule has 0 rings (SSSR count). The Kier molecular flexibility index (Phi) is 48.0. The Morgan fingerprint density at radius 1 is 1.21 bits per heavy atom. The minimum atomic E-state index is 0. The van der Waals surface area contributed by atoms with Gasteiger partial charge in [0, 0.05) is 55.2 Å². The van der Waals surface area contributed by atoms with Crippen molar-refractivity contribution in [2.24, 2.45) is 11.5 Å². The molecule has 0 unspecified atom stereocenters. The Balaban J connectivity index is -0.0000000321. The zero-order chi connectivity index (χ0) is 9.28. The van der Waals surface area contributed by atoms with Gasteiger partial charge in [0.25, 0.3) is 0 Å². The van der Waals surface area contributed by atoms with Crippen LogP contribution in [0.3, 0.4) is 0 Å². The number of hydrogen-bond donors (Lipinski definition) is 2. The maximum Gasteiger partial charge on any atom is 0.0234 e. The molecule has 0 saturated heterocycles. The van der Waals surface area contributed by atoms with Gasteiger partial charge in [-0.05, 0) is 6.08 Å². The Hall–Kier alpha value is -0.206. The Labute approximate surface area is 117 Å². The van der Waals surface area contributed by atoms with E-state index in [0.717, 1.165) is 0 Å². The van der Waals surface area contributed by atoms with Gasteiger partial charge in [-0.2, -0.15) is 6.08 Å². The molecule has 0 aromatic carbocycles. The predicted molar refractivity (Wildman–Crippen MR) is 61.8 cm³/mol. The molecule has 0 amide bonds. The maximum absolute atomic E-state index is 5.07. The number of hydrogen-bond acceptors (Lipinski definition) is 2. The van der Waals surface area contributed by atoms with Crippen LogP contribution in [0.5, 0.6) is 0 Å². The molecule has 7 radical (unpaired) electrons. The molecule has 0 heterocycles. The molecular formula is C9H15B2N2Y-.